The third-order valence-electron chi connectivity index (χ3n) is 5.34. The maximum absolute atomic E-state index is 13.7. The van der Waals surface area contributed by atoms with Crippen LogP contribution in [0, 0.1) is 17.5 Å². The number of hydrogen-bond donors (Lipinski definition) is 1. The summed E-state index contributed by atoms with van der Waals surface area (Å²) in [6.45, 7) is 4.16. The first-order valence-electron chi connectivity index (χ1n) is 9.65. The zero-order chi connectivity index (χ0) is 21.7. The lowest BCUT2D eigenvalue weighted by Gasteiger charge is -2.16. The summed E-state index contributed by atoms with van der Waals surface area (Å²) < 4.78 is 4.09. The van der Waals surface area contributed by atoms with Gasteiger partial charge in [-0.3, -0.25) is 9.36 Å². The molecule has 0 aliphatic carbocycles. The highest BCUT2D eigenvalue weighted by Crippen LogP contribution is 2.24. The van der Waals surface area contributed by atoms with Gasteiger partial charge in [0.15, 0.2) is 5.65 Å². The molecule has 31 heavy (non-hydrogen) atoms. The van der Waals surface area contributed by atoms with Crippen LogP contribution >= 0.6 is 22.6 Å². The average Bonchev–Trinajstić information content (AvgIpc) is 3.05. The standard InChI is InChI=1S/C22H18IN7O/c1-12-6-3-4-9-15(12)30-16(27-14-8-5-7-13(2)17(14)22(30)31)10-29-21-18(19(23)28-29)20(24)25-11-26-21/h3-9,11H,10H2,1-2H3,(H2,24,25,26). The van der Waals surface area contributed by atoms with Crippen LogP contribution in [0.1, 0.15) is 17.0 Å². The zero-order valence-electron chi connectivity index (χ0n) is 16.9. The second-order valence-corrected chi connectivity index (χ2v) is 8.35. The maximum atomic E-state index is 13.7. The summed E-state index contributed by atoms with van der Waals surface area (Å²) in [5.41, 5.74) is 9.86. The number of rotatable bonds is 3. The van der Waals surface area contributed by atoms with E-state index in [0.29, 0.717) is 37.3 Å². The molecule has 0 radical (unpaired) electrons. The number of hydrogen-bond acceptors (Lipinski definition) is 6. The molecule has 0 spiro atoms. The Kier molecular flexibility index (Phi) is 4.69. The van der Waals surface area contributed by atoms with E-state index in [1.54, 1.807) is 9.25 Å². The van der Waals surface area contributed by atoms with Crippen molar-refractivity contribution in [2.24, 2.45) is 0 Å². The normalized spacial score (nSPS) is 11.5. The molecule has 9 heteroatoms. The van der Waals surface area contributed by atoms with Crippen LogP contribution in [0.2, 0.25) is 0 Å². The lowest BCUT2D eigenvalue weighted by Crippen LogP contribution is -2.26. The van der Waals surface area contributed by atoms with Gasteiger partial charge in [0.1, 0.15) is 28.2 Å². The highest BCUT2D eigenvalue weighted by molar-refractivity contribution is 14.1. The first-order valence-corrected chi connectivity index (χ1v) is 10.7. The van der Waals surface area contributed by atoms with Crippen molar-refractivity contribution in [3.63, 3.8) is 0 Å². The van der Waals surface area contributed by atoms with E-state index in [2.05, 4.69) is 37.7 Å². The van der Waals surface area contributed by atoms with Crippen LogP contribution in [0.5, 0.6) is 0 Å². The van der Waals surface area contributed by atoms with Crippen molar-refractivity contribution in [2.75, 3.05) is 5.73 Å². The minimum atomic E-state index is -0.104. The minimum Gasteiger partial charge on any atom is -0.383 e. The molecule has 3 heterocycles. The lowest BCUT2D eigenvalue weighted by atomic mass is 10.1. The fraction of sp³-hybridized carbons (Fsp3) is 0.136. The summed E-state index contributed by atoms with van der Waals surface area (Å²) in [6, 6.07) is 13.5. The molecule has 0 saturated heterocycles. The van der Waals surface area contributed by atoms with Crippen LogP contribution in [-0.2, 0) is 6.54 Å². The summed E-state index contributed by atoms with van der Waals surface area (Å²) in [5.74, 6) is 0.939. The molecule has 3 aromatic heterocycles. The average molecular weight is 523 g/mol. The SMILES string of the molecule is Cc1ccccc1-n1c(Cn2nc(I)c3c(N)ncnc32)nc2cccc(C)c2c1=O. The molecule has 0 fully saturated rings. The van der Waals surface area contributed by atoms with Gasteiger partial charge in [0, 0.05) is 0 Å². The number of fused-ring (bicyclic) bond motifs is 2. The molecular formula is C22H18IN7O. The summed E-state index contributed by atoms with van der Waals surface area (Å²) in [4.78, 5) is 27.0. The quantitative estimate of drug-likeness (QED) is 0.364. The number of anilines is 1. The van der Waals surface area contributed by atoms with E-state index in [1.807, 2.05) is 56.3 Å². The summed E-state index contributed by atoms with van der Waals surface area (Å²) in [6.07, 6.45) is 1.41. The molecule has 8 nitrogen and oxygen atoms in total. The molecule has 2 N–H and O–H groups in total. The third-order valence-corrected chi connectivity index (χ3v) is 6.09. The summed E-state index contributed by atoms with van der Waals surface area (Å²) in [7, 11) is 0. The van der Waals surface area contributed by atoms with Gasteiger partial charge in [-0.1, -0.05) is 30.3 Å². The van der Waals surface area contributed by atoms with Crippen LogP contribution in [0.4, 0.5) is 5.82 Å². The summed E-state index contributed by atoms with van der Waals surface area (Å²) in [5, 5.41) is 5.91. The van der Waals surface area contributed by atoms with Gasteiger partial charge >= 0.3 is 0 Å². The van der Waals surface area contributed by atoms with Gasteiger partial charge in [0.2, 0.25) is 0 Å². The smallest absolute Gasteiger partial charge is 0.266 e. The lowest BCUT2D eigenvalue weighted by molar-refractivity contribution is 0.645. The molecule has 0 aliphatic rings. The molecule has 0 bridgehead atoms. The predicted molar refractivity (Wildman–Crippen MR) is 128 cm³/mol. The van der Waals surface area contributed by atoms with Crippen molar-refractivity contribution >= 4 is 50.3 Å². The fourth-order valence-corrected chi connectivity index (χ4v) is 4.62. The first-order chi connectivity index (χ1) is 15.0. The van der Waals surface area contributed by atoms with Gasteiger partial charge in [-0.25, -0.2) is 19.6 Å². The van der Waals surface area contributed by atoms with Gasteiger partial charge in [-0.2, -0.15) is 5.10 Å². The van der Waals surface area contributed by atoms with Gasteiger partial charge in [-0.15, -0.1) is 0 Å². The van der Waals surface area contributed by atoms with E-state index < -0.39 is 0 Å². The van der Waals surface area contributed by atoms with E-state index in [4.69, 9.17) is 10.7 Å². The molecule has 0 aliphatic heterocycles. The van der Waals surface area contributed by atoms with Crippen LogP contribution < -0.4 is 11.3 Å². The molecule has 0 saturated carbocycles. The Morgan fingerprint density at radius 2 is 1.77 bits per heavy atom. The maximum Gasteiger partial charge on any atom is 0.266 e. The highest BCUT2D eigenvalue weighted by Gasteiger charge is 2.19. The van der Waals surface area contributed by atoms with Crippen LogP contribution in [0.25, 0.3) is 27.6 Å². The van der Waals surface area contributed by atoms with Gasteiger partial charge in [0.05, 0.1) is 22.0 Å². The predicted octanol–water partition coefficient (Wildman–Crippen LogP) is 3.38. The second-order valence-electron chi connectivity index (χ2n) is 7.33. The van der Waals surface area contributed by atoms with Crippen molar-refractivity contribution in [1.82, 2.24) is 29.3 Å². The number of halogens is 1. The van der Waals surface area contributed by atoms with Crippen LogP contribution in [0.15, 0.2) is 53.6 Å². The number of aryl methyl sites for hydroxylation is 2. The minimum absolute atomic E-state index is 0.104. The number of benzene rings is 2. The number of aromatic nitrogens is 6. The Bertz CT molecular complexity index is 1540. The molecule has 154 valence electrons. The van der Waals surface area contributed by atoms with Crippen LogP contribution in [-0.4, -0.2) is 29.3 Å². The molecule has 0 amide bonds. The van der Waals surface area contributed by atoms with Crippen LogP contribution in [0.3, 0.4) is 0 Å². The Hall–Kier alpha value is -3.34. The highest BCUT2D eigenvalue weighted by atomic mass is 127. The monoisotopic (exact) mass is 523 g/mol. The van der Waals surface area contributed by atoms with Gasteiger partial charge in [0.25, 0.3) is 5.56 Å². The Morgan fingerprint density at radius 1 is 1.00 bits per heavy atom. The molecule has 2 aromatic carbocycles. The van der Waals surface area contributed by atoms with E-state index in [9.17, 15) is 4.79 Å². The Morgan fingerprint density at radius 3 is 2.58 bits per heavy atom. The Balaban J connectivity index is 1.82. The van der Waals surface area contributed by atoms with E-state index >= 15 is 0 Å². The van der Waals surface area contributed by atoms with Gasteiger partial charge < -0.3 is 5.73 Å². The van der Waals surface area contributed by atoms with Crippen molar-refractivity contribution < 1.29 is 0 Å². The molecule has 0 atom stereocenters. The van der Waals surface area contributed by atoms with E-state index in [0.717, 1.165) is 16.8 Å². The number of nitrogens with zero attached hydrogens (tertiary/aromatic N) is 6. The topological polar surface area (TPSA) is 105 Å². The largest absolute Gasteiger partial charge is 0.383 e. The van der Waals surface area contributed by atoms with E-state index in [-0.39, 0.29) is 12.1 Å². The third kappa shape index (κ3) is 3.16. The molecule has 5 aromatic rings. The van der Waals surface area contributed by atoms with Crippen molar-refractivity contribution in [1.29, 1.82) is 0 Å². The van der Waals surface area contributed by atoms with Gasteiger partial charge in [-0.05, 0) is 59.7 Å². The molecular weight excluding hydrogens is 505 g/mol. The van der Waals surface area contributed by atoms with Crippen molar-refractivity contribution in [2.45, 2.75) is 20.4 Å². The zero-order valence-corrected chi connectivity index (χ0v) is 19.0. The molecule has 5 rings (SSSR count). The molecule has 0 unspecified atom stereocenters. The van der Waals surface area contributed by atoms with Crippen molar-refractivity contribution in [3.8, 4) is 5.69 Å². The van der Waals surface area contributed by atoms with Crippen molar-refractivity contribution in [3.05, 3.63) is 79.8 Å². The Labute approximate surface area is 190 Å². The second kappa shape index (κ2) is 7.41. The number of nitrogen functional groups attached to an aromatic ring is 1. The number of para-hydroxylation sites is 1. The fourth-order valence-electron chi connectivity index (χ4n) is 3.84. The summed E-state index contributed by atoms with van der Waals surface area (Å²) >= 11 is 2.12. The first kappa shape index (κ1) is 19.6. The number of nitrogens with two attached hydrogens (primary N) is 1. The van der Waals surface area contributed by atoms with E-state index in [1.165, 1.54) is 6.33 Å².